The highest BCUT2D eigenvalue weighted by molar-refractivity contribution is 5.73. The van der Waals surface area contributed by atoms with Gasteiger partial charge >= 0.3 is 5.97 Å². The van der Waals surface area contributed by atoms with Crippen molar-refractivity contribution in [2.45, 2.75) is 153 Å². The Hall–Kier alpha value is -1.67. The molecule has 4 rings (SSSR count). The van der Waals surface area contributed by atoms with E-state index in [0.29, 0.717) is 38.8 Å². The minimum absolute atomic E-state index is 0.0513. The quantitative estimate of drug-likeness (QED) is 0.160. The third-order valence-electron chi connectivity index (χ3n) is 12.1. The van der Waals surface area contributed by atoms with Gasteiger partial charge in [0.25, 0.3) is 0 Å². The summed E-state index contributed by atoms with van der Waals surface area (Å²) in [5.74, 6) is -2.63. The molecule has 0 amide bonds. The fourth-order valence-corrected chi connectivity index (χ4v) is 8.98. The van der Waals surface area contributed by atoms with Gasteiger partial charge in [-0.2, -0.15) is 0 Å². The molecular formula is C39H66N2O9. The summed E-state index contributed by atoms with van der Waals surface area (Å²) >= 11 is 0. The van der Waals surface area contributed by atoms with Crippen molar-refractivity contribution in [1.29, 1.82) is 0 Å². The number of cyclic esters (lactones) is 1. The van der Waals surface area contributed by atoms with E-state index < -0.39 is 65.3 Å². The van der Waals surface area contributed by atoms with Crippen LogP contribution in [0.4, 0.5) is 0 Å². The first kappa shape index (κ1) is 41.1. The molecule has 1 aromatic carbocycles. The van der Waals surface area contributed by atoms with E-state index in [1.165, 1.54) is 5.56 Å². The highest BCUT2D eigenvalue weighted by atomic mass is 16.7. The van der Waals surface area contributed by atoms with Crippen LogP contribution in [-0.4, -0.2) is 120 Å². The molecule has 11 heteroatoms. The minimum Gasteiger partial charge on any atom is -0.459 e. The summed E-state index contributed by atoms with van der Waals surface area (Å²) in [7, 11) is 5.47. The molecular weight excluding hydrogens is 640 g/mol. The zero-order chi connectivity index (χ0) is 37.2. The smallest absolute Gasteiger partial charge is 0.311 e. The number of aliphatic hydroxyl groups excluding tert-OH is 2. The second kappa shape index (κ2) is 16.6. The van der Waals surface area contributed by atoms with Crippen LogP contribution in [0.15, 0.2) is 30.3 Å². The highest BCUT2D eigenvalue weighted by Gasteiger charge is 2.65. The zero-order valence-corrected chi connectivity index (χ0v) is 32.3. The maximum Gasteiger partial charge on any atom is 0.311 e. The standard InChI is InChI=1S/C39H66N2O9/c1-12-30-38(7,45)29(18-19-40-22-27-16-14-13-15-17-27)39(8)33(50-39)23(2)21-37(6,46-11)34(25(4)31(42)26(5)35(44)48-30)49-36-32(43)28(41(9)10)20-24(3)47-36/h13-17,23-26,28-34,36,40,42-43,45H,12,18-22H2,1-11H3/t23-,24-,25-,26-,28+,29-,30-,31+,32-,33?,34-,36+,37-,38+,39?/m1/s1. The van der Waals surface area contributed by atoms with E-state index in [1.54, 1.807) is 21.0 Å². The van der Waals surface area contributed by atoms with Gasteiger partial charge in [0, 0.05) is 31.5 Å². The minimum atomic E-state index is -1.42. The van der Waals surface area contributed by atoms with Crippen molar-refractivity contribution in [2.75, 3.05) is 27.7 Å². The first-order valence-corrected chi connectivity index (χ1v) is 18.6. The van der Waals surface area contributed by atoms with Crippen LogP contribution >= 0.6 is 0 Å². The van der Waals surface area contributed by atoms with Gasteiger partial charge in [0.2, 0.25) is 0 Å². The summed E-state index contributed by atoms with van der Waals surface area (Å²) in [6.45, 7) is 16.5. The number of nitrogens with one attached hydrogen (secondary N) is 1. The molecule has 3 saturated heterocycles. The summed E-state index contributed by atoms with van der Waals surface area (Å²) in [6, 6.07) is 9.97. The molecule has 286 valence electrons. The van der Waals surface area contributed by atoms with Gasteiger partial charge in [0.05, 0.1) is 41.5 Å². The molecule has 50 heavy (non-hydrogen) atoms. The van der Waals surface area contributed by atoms with Crippen molar-refractivity contribution in [2.24, 2.45) is 23.7 Å². The molecule has 3 aliphatic rings. The number of carbonyl (C=O) groups excluding carboxylic acids is 1. The average molecular weight is 707 g/mol. The largest absolute Gasteiger partial charge is 0.459 e. The van der Waals surface area contributed by atoms with Gasteiger partial charge in [-0.1, -0.05) is 51.1 Å². The molecule has 0 radical (unpaired) electrons. The van der Waals surface area contributed by atoms with Gasteiger partial charge in [-0.15, -0.1) is 0 Å². The van der Waals surface area contributed by atoms with Gasteiger partial charge in [-0.3, -0.25) is 4.79 Å². The number of fused-ring (bicyclic) bond motifs is 1. The number of epoxide rings is 1. The molecule has 0 aliphatic carbocycles. The first-order valence-electron chi connectivity index (χ1n) is 18.6. The topological polar surface area (TPSA) is 142 Å². The van der Waals surface area contributed by atoms with Crippen molar-refractivity contribution < 1.29 is 43.8 Å². The molecule has 2 unspecified atom stereocenters. The molecule has 0 bridgehead atoms. The van der Waals surface area contributed by atoms with Crippen molar-refractivity contribution in [3.8, 4) is 0 Å². The summed E-state index contributed by atoms with van der Waals surface area (Å²) < 4.78 is 31.9. The van der Waals surface area contributed by atoms with E-state index in [2.05, 4.69) is 24.4 Å². The number of hydrogen-bond acceptors (Lipinski definition) is 11. The molecule has 11 nitrogen and oxygen atoms in total. The highest BCUT2D eigenvalue weighted by Crippen LogP contribution is 2.54. The lowest BCUT2D eigenvalue weighted by molar-refractivity contribution is -0.301. The maximum absolute atomic E-state index is 13.8. The number of nitrogens with zero attached hydrogens (tertiary/aromatic N) is 1. The molecule has 4 N–H and O–H groups in total. The Balaban J connectivity index is 1.68. The normalized spacial score (nSPS) is 44.7. The van der Waals surface area contributed by atoms with Crippen LogP contribution in [0.2, 0.25) is 0 Å². The Morgan fingerprint density at radius 3 is 2.30 bits per heavy atom. The third kappa shape index (κ3) is 8.75. The molecule has 0 spiro atoms. The third-order valence-corrected chi connectivity index (χ3v) is 12.1. The number of hydrogen-bond donors (Lipinski definition) is 4. The zero-order valence-electron chi connectivity index (χ0n) is 32.3. The van der Waals surface area contributed by atoms with E-state index in [1.807, 2.05) is 71.8 Å². The first-order chi connectivity index (χ1) is 23.4. The number of carbonyl (C=O) groups is 1. The Bertz CT molecular complexity index is 1240. The number of esters is 1. The van der Waals surface area contributed by atoms with E-state index in [0.717, 1.165) is 0 Å². The van der Waals surface area contributed by atoms with Gasteiger partial charge < -0.3 is 49.2 Å². The number of aliphatic hydroxyl groups is 3. The Labute approximate surface area is 300 Å². The predicted molar refractivity (Wildman–Crippen MR) is 191 cm³/mol. The van der Waals surface area contributed by atoms with E-state index >= 15 is 0 Å². The lowest BCUT2D eigenvalue weighted by atomic mass is 9.69. The number of ether oxygens (including phenoxy) is 5. The van der Waals surface area contributed by atoms with Crippen LogP contribution in [0.1, 0.15) is 86.6 Å². The van der Waals surface area contributed by atoms with E-state index in [9.17, 15) is 20.1 Å². The average Bonchev–Trinajstić information content (AvgIpc) is 3.77. The summed E-state index contributed by atoms with van der Waals surface area (Å²) in [5.41, 5.74) is -1.95. The fraction of sp³-hybridized carbons (Fsp3) is 0.821. The number of rotatable bonds is 10. The molecule has 15 atom stereocenters. The van der Waals surface area contributed by atoms with Crippen molar-refractivity contribution >= 4 is 5.97 Å². The lowest BCUT2D eigenvalue weighted by Crippen LogP contribution is -2.60. The number of likely N-dealkylation sites (N-methyl/N-ethyl adjacent to an activating group) is 1. The summed E-state index contributed by atoms with van der Waals surface area (Å²) in [5, 5.41) is 39.1. The number of methoxy groups -OCH3 is 1. The van der Waals surface area contributed by atoms with Crippen molar-refractivity contribution in [3.63, 3.8) is 0 Å². The lowest BCUT2D eigenvalue weighted by Gasteiger charge is -2.48. The maximum atomic E-state index is 13.8. The second-order valence-corrected chi connectivity index (χ2v) is 16.3. The second-order valence-electron chi connectivity index (χ2n) is 16.3. The molecule has 1 aromatic rings. The van der Waals surface area contributed by atoms with Gasteiger partial charge in [-0.25, -0.2) is 0 Å². The molecule has 3 aliphatic heterocycles. The summed E-state index contributed by atoms with van der Waals surface area (Å²) in [6.07, 6.45) is -3.04. The SMILES string of the molecule is CC[C@H]1OC(=O)[C@H](C)[C@@H](O)[C@@H](C)[C@@H](O[C@@H]2O[C@H](C)C[C@H](N(C)C)[C@H]2O)[C@](C)(OC)C[C@@H](C)C2OC2(C)[C@H](CCNCc2ccccc2)[C@]1(C)O. The molecule has 3 fully saturated rings. The van der Waals surface area contributed by atoms with Crippen LogP contribution < -0.4 is 5.32 Å². The monoisotopic (exact) mass is 706 g/mol. The molecule has 0 aromatic heterocycles. The van der Waals surface area contributed by atoms with Crippen LogP contribution in [0.5, 0.6) is 0 Å². The van der Waals surface area contributed by atoms with E-state index in [-0.39, 0.29) is 30.1 Å². The summed E-state index contributed by atoms with van der Waals surface area (Å²) in [4.78, 5) is 15.8. The van der Waals surface area contributed by atoms with Gasteiger partial charge in [0.1, 0.15) is 17.8 Å². The Morgan fingerprint density at radius 2 is 1.70 bits per heavy atom. The predicted octanol–water partition coefficient (Wildman–Crippen LogP) is 3.90. The Kier molecular flexibility index (Phi) is 13.6. The van der Waals surface area contributed by atoms with E-state index in [4.69, 9.17) is 23.7 Å². The van der Waals surface area contributed by atoms with Gasteiger partial charge in [-0.05, 0) is 92.4 Å². The van der Waals surface area contributed by atoms with Crippen LogP contribution in [0.25, 0.3) is 0 Å². The fourth-order valence-electron chi connectivity index (χ4n) is 8.98. The van der Waals surface area contributed by atoms with Gasteiger partial charge in [0.15, 0.2) is 6.29 Å². The number of benzene rings is 1. The Morgan fingerprint density at radius 1 is 1.04 bits per heavy atom. The van der Waals surface area contributed by atoms with Crippen LogP contribution in [-0.2, 0) is 35.0 Å². The van der Waals surface area contributed by atoms with Crippen LogP contribution in [0, 0.1) is 23.7 Å². The van der Waals surface area contributed by atoms with Crippen molar-refractivity contribution in [3.05, 3.63) is 35.9 Å². The molecule has 3 heterocycles. The van der Waals surface area contributed by atoms with Crippen LogP contribution in [0.3, 0.4) is 0 Å². The molecule has 0 saturated carbocycles. The van der Waals surface area contributed by atoms with Crippen molar-refractivity contribution in [1.82, 2.24) is 10.2 Å².